The Bertz CT molecular complexity index is 810. The molecule has 0 N–H and O–H groups in total. The maximum Gasteiger partial charge on any atom is 0.245 e. The molecule has 0 aliphatic rings. The fourth-order valence-electron chi connectivity index (χ4n) is 1.96. The third-order valence-corrected chi connectivity index (χ3v) is 4.68. The Morgan fingerprint density at radius 1 is 0.864 bits per heavy atom. The maximum absolute atomic E-state index is 12.2. The molecule has 0 heterocycles. The molecule has 114 valence electrons. The molecule has 0 saturated heterocycles. The Hall–Kier alpha value is -2.05. The number of hydrogen-bond donors (Lipinski definition) is 0. The molecule has 0 aliphatic carbocycles. The second kappa shape index (κ2) is 5.98. The molecule has 2 aromatic rings. The first kappa shape index (κ1) is 16.3. The molecule has 0 unspecified atom stereocenters. The second-order valence-corrected chi connectivity index (χ2v) is 8.05. The van der Waals surface area contributed by atoms with E-state index >= 15 is 0 Å². The first-order chi connectivity index (χ1) is 10.2. The van der Waals surface area contributed by atoms with Crippen molar-refractivity contribution in [3.8, 4) is 11.2 Å². The molecule has 3 heteroatoms. The molecule has 0 radical (unpaired) electrons. The average molecular weight is 312 g/mol. The molecule has 2 aromatic carbocycles. The van der Waals surface area contributed by atoms with Crippen LogP contribution in [0.1, 0.15) is 37.5 Å². The Morgan fingerprint density at radius 3 is 1.91 bits per heavy atom. The summed E-state index contributed by atoms with van der Waals surface area (Å²) in [6.07, 6.45) is 0. The van der Waals surface area contributed by atoms with Gasteiger partial charge in [0.2, 0.25) is 9.84 Å². The van der Waals surface area contributed by atoms with Crippen molar-refractivity contribution in [3.05, 3.63) is 65.2 Å². The van der Waals surface area contributed by atoms with Crippen LogP contribution in [0.2, 0.25) is 0 Å². The second-order valence-electron chi connectivity index (χ2n) is 6.37. The van der Waals surface area contributed by atoms with E-state index in [0.717, 1.165) is 5.56 Å². The number of aryl methyl sites for hydroxylation is 1. The molecule has 0 aromatic heterocycles. The molecular formula is C19H20O2S. The molecule has 0 saturated carbocycles. The largest absolute Gasteiger partial charge is 0.245 e. The summed E-state index contributed by atoms with van der Waals surface area (Å²) in [5, 5.41) is 2.39. The smallest absolute Gasteiger partial charge is 0.210 e. The lowest BCUT2D eigenvalue weighted by molar-refractivity contribution is 0.590. The number of hydrogen-bond acceptors (Lipinski definition) is 2. The minimum atomic E-state index is -3.57. The van der Waals surface area contributed by atoms with E-state index in [1.54, 1.807) is 24.3 Å². The molecule has 0 amide bonds. The maximum atomic E-state index is 12.2. The molecule has 22 heavy (non-hydrogen) atoms. The van der Waals surface area contributed by atoms with Gasteiger partial charge in [-0.15, -0.1) is 0 Å². The van der Waals surface area contributed by atoms with Gasteiger partial charge in [-0.25, -0.2) is 8.42 Å². The molecule has 2 nitrogen and oxygen atoms in total. The summed E-state index contributed by atoms with van der Waals surface area (Å²) in [6, 6.07) is 14.4. The van der Waals surface area contributed by atoms with Crippen LogP contribution in [0.15, 0.2) is 53.4 Å². The van der Waals surface area contributed by atoms with Crippen LogP contribution in [0, 0.1) is 18.1 Å². The lowest BCUT2D eigenvalue weighted by atomic mass is 9.87. The van der Waals surface area contributed by atoms with Gasteiger partial charge in [0.05, 0.1) is 4.90 Å². The minimum Gasteiger partial charge on any atom is -0.210 e. The SMILES string of the molecule is Cc1ccc(S(=O)(=O)C#Cc2ccc(C(C)(C)C)cc2)cc1. The van der Waals surface area contributed by atoms with Crippen molar-refractivity contribution < 1.29 is 8.42 Å². The highest BCUT2D eigenvalue weighted by Gasteiger charge is 2.13. The average Bonchev–Trinajstić information content (AvgIpc) is 2.45. The normalized spacial score (nSPS) is 11.6. The van der Waals surface area contributed by atoms with Gasteiger partial charge in [-0.3, -0.25) is 0 Å². The van der Waals surface area contributed by atoms with Crippen LogP contribution in [0.5, 0.6) is 0 Å². The van der Waals surface area contributed by atoms with Gasteiger partial charge in [0, 0.05) is 10.8 Å². The van der Waals surface area contributed by atoms with E-state index < -0.39 is 9.84 Å². The zero-order valence-electron chi connectivity index (χ0n) is 13.3. The van der Waals surface area contributed by atoms with Crippen molar-refractivity contribution in [2.24, 2.45) is 0 Å². The van der Waals surface area contributed by atoms with Gasteiger partial charge in [-0.05, 0) is 48.1 Å². The summed E-state index contributed by atoms with van der Waals surface area (Å²) in [4.78, 5) is 0.233. The summed E-state index contributed by atoms with van der Waals surface area (Å²) in [5.41, 5.74) is 2.98. The standard InChI is InChI=1S/C19H20O2S/c1-15-5-11-18(12-6-15)22(20,21)14-13-16-7-9-17(10-8-16)19(2,3)4/h5-12H,1-4H3. The van der Waals surface area contributed by atoms with Crippen LogP contribution in [-0.4, -0.2) is 8.42 Å². The molecule has 2 rings (SSSR count). The van der Waals surface area contributed by atoms with Crippen molar-refractivity contribution in [2.75, 3.05) is 0 Å². The van der Waals surface area contributed by atoms with Crippen molar-refractivity contribution in [1.29, 1.82) is 0 Å². The van der Waals surface area contributed by atoms with E-state index in [-0.39, 0.29) is 10.3 Å². The van der Waals surface area contributed by atoms with Crippen LogP contribution in [0.25, 0.3) is 0 Å². The quantitative estimate of drug-likeness (QED) is 0.744. The van der Waals surface area contributed by atoms with Gasteiger partial charge in [0.1, 0.15) is 0 Å². The van der Waals surface area contributed by atoms with E-state index in [2.05, 4.69) is 31.9 Å². The van der Waals surface area contributed by atoms with Crippen LogP contribution in [0.4, 0.5) is 0 Å². The van der Waals surface area contributed by atoms with Crippen molar-refractivity contribution in [3.63, 3.8) is 0 Å². The summed E-state index contributed by atoms with van der Waals surface area (Å²) in [7, 11) is -3.57. The van der Waals surface area contributed by atoms with Crippen molar-refractivity contribution in [1.82, 2.24) is 0 Å². The summed E-state index contributed by atoms with van der Waals surface area (Å²) < 4.78 is 24.3. The Kier molecular flexibility index (Phi) is 4.44. The summed E-state index contributed by atoms with van der Waals surface area (Å²) in [5.74, 6) is 2.74. The first-order valence-electron chi connectivity index (χ1n) is 7.13. The number of rotatable bonds is 1. The van der Waals surface area contributed by atoms with E-state index in [1.807, 2.05) is 31.2 Å². The van der Waals surface area contributed by atoms with Gasteiger partial charge < -0.3 is 0 Å². The number of sulfone groups is 1. The molecule has 0 bridgehead atoms. The molecule has 0 atom stereocenters. The van der Waals surface area contributed by atoms with E-state index in [0.29, 0.717) is 5.56 Å². The molecule has 0 spiro atoms. The van der Waals surface area contributed by atoms with Crippen molar-refractivity contribution in [2.45, 2.75) is 38.0 Å². The Labute approximate surface area is 133 Å². The van der Waals surface area contributed by atoms with Gasteiger partial charge in [-0.1, -0.05) is 50.6 Å². The lowest BCUT2D eigenvalue weighted by Gasteiger charge is -2.18. The topological polar surface area (TPSA) is 34.1 Å². The van der Waals surface area contributed by atoms with Gasteiger partial charge in [0.15, 0.2) is 0 Å². The molecular weight excluding hydrogens is 292 g/mol. The van der Waals surface area contributed by atoms with Gasteiger partial charge >= 0.3 is 0 Å². The Balaban J connectivity index is 2.28. The minimum absolute atomic E-state index is 0.0694. The zero-order chi connectivity index (χ0) is 16.4. The highest BCUT2D eigenvalue weighted by atomic mass is 32.2. The summed E-state index contributed by atoms with van der Waals surface area (Å²) >= 11 is 0. The fourth-order valence-corrected chi connectivity index (χ4v) is 2.82. The van der Waals surface area contributed by atoms with Crippen LogP contribution >= 0.6 is 0 Å². The van der Waals surface area contributed by atoms with Crippen LogP contribution in [0.3, 0.4) is 0 Å². The van der Waals surface area contributed by atoms with Gasteiger partial charge in [-0.2, -0.15) is 0 Å². The predicted octanol–water partition coefficient (Wildman–Crippen LogP) is 4.08. The zero-order valence-corrected chi connectivity index (χ0v) is 14.2. The van der Waals surface area contributed by atoms with Crippen LogP contribution < -0.4 is 0 Å². The van der Waals surface area contributed by atoms with Gasteiger partial charge in [0.25, 0.3) is 0 Å². The third-order valence-electron chi connectivity index (χ3n) is 3.41. The van der Waals surface area contributed by atoms with E-state index in [4.69, 9.17) is 0 Å². The first-order valence-corrected chi connectivity index (χ1v) is 8.62. The number of benzene rings is 2. The highest BCUT2D eigenvalue weighted by molar-refractivity contribution is 7.96. The van der Waals surface area contributed by atoms with Crippen LogP contribution in [-0.2, 0) is 15.3 Å². The lowest BCUT2D eigenvalue weighted by Crippen LogP contribution is -2.10. The fraction of sp³-hybridized carbons (Fsp3) is 0.263. The highest BCUT2D eigenvalue weighted by Crippen LogP contribution is 2.22. The monoisotopic (exact) mass is 312 g/mol. The Morgan fingerprint density at radius 2 is 1.41 bits per heavy atom. The molecule has 0 aliphatic heterocycles. The van der Waals surface area contributed by atoms with Crippen molar-refractivity contribution >= 4 is 9.84 Å². The third kappa shape index (κ3) is 3.99. The molecule has 0 fully saturated rings. The van der Waals surface area contributed by atoms with E-state index in [9.17, 15) is 8.42 Å². The van der Waals surface area contributed by atoms with E-state index in [1.165, 1.54) is 5.56 Å². The predicted molar refractivity (Wildman–Crippen MR) is 90.4 cm³/mol. The summed E-state index contributed by atoms with van der Waals surface area (Å²) in [6.45, 7) is 8.32.